The maximum atomic E-state index is 6.04. The number of benzene rings is 2. The van der Waals surface area contributed by atoms with Gasteiger partial charge in [-0.2, -0.15) is 9.78 Å². The molecule has 0 amide bonds. The van der Waals surface area contributed by atoms with Gasteiger partial charge in [0.2, 0.25) is 0 Å². The molecular weight excluding hydrogens is 300 g/mol. The van der Waals surface area contributed by atoms with Gasteiger partial charge in [0.1, 0.15) is 0 Å². The van der Waals surface area contributed by atoms with Gasteiger partial charge in [0.25, 0.3) is 0 Å². The largest absolute Gasteiger partial charge is 0.277 e. The summed E-state index contributed by atoms with van der Waals surface area (Å²) in [4.78, 5) is 0. The first-order chi connectivity index (χ1) is 10.8. The lowest BCUT2D eigenvalue weighted by atomic mass is 10.3. The zero-order chi connectivity index (χ0) is 15.2. The highest BCUT2D eigenvalue weighted by atomic mass is 35.5. The molecule has 1 heterocycles. The predicted molar refractivity (Wildman–Crippen MR) is 86.4 cm³/mol. The second-order valence-corrected chi connectivity index (χ2v) is 4.86. The third-order valence-electron chi connectivity index (χ3n) is 2.96. The second kappa shape index (κ2) is 6.82. The molecule has 1 N–H and O–H groups in total. The predicted octanol–water partition coefficient (Wildman–Crippen LogP) is 2.96. The Morgan fingerprint density at radius 1 is 1.09 bits per heavy atom. The first kappa shape index (κ1) is 14.2. The molecule has 2 aromatic carbocycles. The molecule has 0 saturated carbocycles. The van der Waals surface area contributed by atoms with Crippen molar-refractivity contribution in [2.45, 2.75) is 6.42 Å². The van der Waals surface area contributed by atoms with Gasteiger partial charge in [-0.3, -0.25) is 5.43 Å². The van der Waals surface area contributed by atoms with Crippen LogP contribution >= 0.6 is 11.6 Å². The molecule has 110 valence electrons. The fourth-order valence-corrected chi connectivity index (χ4v) is 2.08. The number of rotatable bonds is 5. The van der Waals surface area contributed by atoms with Gasteiger partial charge in [-0.15, -0.1) is 5.10 Å². The summed E-state index contributed by atoms with van der Waals surface area (Å²) in [5, 5.41) is 16.5. The topological polar surface area (TPSA) is 68.0 Å². The van der Waals surface area contributed by atoms with Gasteiger partial charge >= 0.3 is 0 Å². The molecule has 3 aromatic rings. The van der Waals surface area contributed by atoms with Crippen LogP contribution in [0, 0.1) is 0 Å². The molecule has 0 bridgehead atoms. The van der Waals surface area contributed by atoms with E-state index in [2.05, 4.69) is 26.1 Å². The smallest absolute Gasteiger partial charge is 0.162 e. The van der Waals surface area contributed by atoms with Crippen molar-refractivity contribution in [3.63, 3.8) is 0 Å². The van der Waals surface area contributed by atoms with E-state index in [0.29, 0.717) is 17.3 Å². The van der Waals surface area contributed by atoms with E-state index in [1.165, 1.54) is 0 Å². The van der Waals surface area contributed by atoms with Crippen LogP contribution in [0.15, 0.2) is 59.7 Å². The molecule has 0 saturated heterocycles. The van der Waals surface area contributed by atoms with Crippen LogP contribution in [0.3, 0.4) is 0 Å². The average molecular weight is 313 g/mol. The van der Waals surface area contributed by atoms with Gasteiger partial charge in [0.05, 0.1) is 16.4 Å². The number of para-hydroxylation sites is 2. The van der Waals surface area contributed by atoms with Gasteiger partial charge in [-0.1, -0.05) is 41.9 Å². The van der Waals surface area contributed by atoms with E-state index in [-0.39, 0.29) is 0 Å². The number of hydrazone groups is 1. The molecule has 0 aliphatic heterocycles. The maximum Gasteiger partial charge on any atom is 0.162 e. The fourth-order valence-electron chi connectivity index (χ4n) is 1.90. The van der Waals surface area contributed by atoms with Crippen LogP contribution in [0.5, 0.6) is 0 Å². The molecule has 7 heteroatoms. The first-order valence-corrected chi connectivity index (χ1v) is 7.07. The van der Waals surface area contributed by atoms with Crippen molar-refractivity contribution in [1.82, 2.24) is 20.2 Å². The number of hydrogen-bond acceptors (Lipinski definition) is 5. The Kier molecular flexibility index (Phi) is 4.41. The van der Waals surface area contributed by atoms with Gasteiger partial charge in [-0.05, 0) is 34.7 Å². The Labute approximate surface area is 132 Å². The third kappa shape index (κ3) is 3.29. The van der Waals surface area contributed by atoms with Crippen LogP contribution in [0.1, 0.15) is 5.82 Å². The van der Waals surface area contributed by atoms with Crippen molar-refractivity contribution in [3.05, 3.63) is 65.4 Å². The fraction of sp³-hybridized carbons (Fsp3) is 0.0667. The first-order valence-electron chi connectivity index (χ1n) is 6.69. The summed E-state index contributed by atoms with van der Waals surface area (Å²) in [6.07, 6.45) is 2.20. The summed E-state index contributed by atoms with van der Waals surface area (Å²) < 4.78 is 1.68. The van der Waals surface area contributed by atoms with E-state index in [9.17, 15) is 0 Å². The molecule has 3 rings (SSSR count). The third-order valence-corrected chi connectivity index (χ3v) is 3.29. The lowest BCUT2D eigenvalue weighted by Crippen LogP contribution is -2.04. The van der Waals surface area contributed by atoms with E-state index in [4.69, 9.17) is 11.6 Å². The second-order valence-electron chi connectivity index (χ2n) is 4.45. The van der Waals surface area contributed by atoms with Crippen molar-refractivity contribution in [3.8, 4) is 5.69 Å². The number of tetrazole rings is 1. The Balaban J connectivity index is 1.67. The highest BCUT2D eigenvalue weighted by Crippen LogP contribution is 2.20. The molecule has 0 aliphatic rings. The minimum absolute atomic E-state index is 0.499. The summed E-state index contributed by atoms with van der Waals surface area (Å²) in [5.74, 6) is 0.705. The van der Waals surface area contributed by atoms with E-state index in [1.54, 1.807) is 17.0 Å². The van der Waals surface area contributed by atoms with E-state index < -0.39 is 0 Å². The van der Waals surface area contributed by atoms with Crippen molar-refractivity contribution >= 4 is 23.5 Å². The van der Waals surface area contributed by atoms with Crippen molar-refractivity contribution in [2.24, 2.45) is 5.10 Å². The normalized spacial score (nSPS) is 11.0. The van der Waals surface area contributed by atoms with Crippen LogP contribution in [0.25, 0.3) is 5.69 Å². The minimum atomic E-state index is 0.499. The van der Waals surface area contributed by atoms with Crippen LogP contribution < -0.4 is 5.43 Å². The highest BCUT2D eigenvalue weighted by molar-refractivity contribution is 6.33. The SMILES string of the molecule is Clc1ccccc1NN=CCc1nnnn1-c1ccccc1. The van der Waals surface area contributed by atoms with Gasteiger partial charge in [0.15, 0.2) is 5.82 Å². The molecule has 22 heavy (non-hydrogen) atoms. The van der Waals surface area contributed by atoms with Crippen molar-refractivity contribution in [1.29, 1.82) is 0 Å². The van der Waals surface area contributed by atoms with Crippen LogP contribution in [0.2, 0.25) is 5.02 Å². The minimum Gasteiger partial charge on any atom is -0.277 e. The molecule has 0 spiro atoms. The average Bonchev–Trinajstić information content (AvgIpc) is 3.02. The Morgan fingerprint density at radius 2 is 1.86 bits per heavy atom. The Bertz CT molecular complexity index is 768. The number of anilines is 1. The quantitative estimate of drug-likeness (QED) is 0.581. The molecule has 0 fully saturated rings. The number of nitrogens with zero attached hydrogens (tertiary/aromatic N) is 5. The summed E-state index contributed by atoms with van der Waals surface area (Å²) >= 11 is 6.04. The Morgan fingerprint density at radius 3 is 2.68 bits per heavy atom. The number of hydrogen-bond donors (Lipinski definition) is 1. The van der Waals surface area contributed by atoms with E-state index in [1.807, 2.05) is 48.5 Å². The van der Waals surface area contributed by atoms with Crippen molar-refractivity contribution < 1.29 is 0 Å². The van der Waals surface area contributed by atoms with Crippen molar-refractivity contribution in [2.75, 3.05) is 5.43 Å². The molecular formula is C15H13ClN6. The maximum absolute atomic E-state index is 6.04. The molecule has 0 atom stereocenters. The number of nitrogens with one attached hydrogen (secondary N) is 1. The van der Waals surface area contributed by atoms with Gasteiger partial charge in [-0.25, -0.2) is 0 Å². The zero-order valence-corrected chi connectivity index (χ0v) is 12.4. The highest BCUT2D eigenvalue weighted by Gasteiger charge is 2.06. The summed E-state index contributed by atoms with van der Waals surface area (Å²) in [7, 11) is 0. The molecule has 6 nitrogen and oxygen atoms in total. The number of halogens is 1. The van der Waals surface area contributed by atoms with Gasteiger partial charge in [0, 0.05) is 12.6 Å². The summed E-state index contributed by atoms with van der Waals surface area (Å²) in [6, 6.07) is 17.1. The standard InChI is InChI=1S/C15H13ClN6/c16-13-8-4-5-9-14(13)18-17-11-10-15-19-20-21-22(15)12-6-2-1-3-7-12/h1-9,11,18H,10H2. The van der Waals surface area contributed by atoms with Crippen LogP contribution in [-0.4, -0.2) is 26.4 Å². The lowest BCUT2D eigenvalue weighted by molar-refractivity contribution is 0.776. The van der Waals surface area contributed by atoms with Crippen LogP contribution in [0.4, 0.5) is 5.69 Å². The monoisotopic (exact) mass is 312 g/mol. The molecule has 0 unspecified atom stereocenters. The molecule has 0 radical (unpaired) electrons. The van der Waals surface area contributed by atoms with E-state index >= 15 is 0 Å². The number of aromatic nitrogens is 4. The Hall–Kier alpha value is -2.73. The zero-order valence-electron chi connectivity index (χ0n) is 11.6. The molecule has 0 aliphatic carbocycles. The lowest BCUT2D eigenvalue weighted by Gasteiger charge is -2.03. The van der Waals surface area contributed by atoms with E-state index in [0.717, 1.165) is 11.4 Å². The molecule has 1 aromatic heterocycles. The van der Waals surface area contributed by atoms with Gasteiger partial charge < -0.3 is 0 Å². The van der Waals surface area contributed by atoms with Crippen LogP contribution in [-0.2, 0) is 6.42 Å². The summed E-state index contributed by atoms with van der Waals surface area (Å²) in [6.45, 7) is 0. The summed E-state index contributed by atoms with van der Waals surface area (Å²) in [5.41, 5.74) is 4.56.